The molecule has 0 radical (unpaired) electrons. The van der Waals surface area contributed by atoms with Crippen molar-refractivity contribution in [1.29, 1.82) is 0 Å². The molecule has 2 unspecified atom stereocenters. The third kappa shape index (κ3) is 3.85. The first-order chi connectivity index (χ1) is 11.6. The van der Waals surface area contributed by atoms with Gasteiger partial charge in [-0.2, -0.15) is 0 Å². The molecule has 2 aliphatic rings. The first-order valence-corrected chi connectivity index (χ1v) is 8.54. The quantitative estimate of drug-likeness (QED) is 0.867. The van der Waals surface area contributed by atoms with Crippen LogP contribution in [0.4, 0.5) is 5.69 Å². The van der Waals surface area contributed by atoms with Gasteiger partial charge in [0.05, 0.1) is 25.0 Å². The maximum atomic E-state index is 12.8. The number of amides is 2. The van der Waals surface area contributed by atoms with Crippen molar-refractivity contribution in [2.75, 3.05) is 31.6 Å². The summed E-state index contributed by atoms with van der Waals surface area (Å²) < 4.78 is 5.31. The van der Waals surface area contributed by atoms with Gasteiger partial charge in [0.2, 0.25) is 11.8 Å². The Balaban J connectivity index is 1.70. The molecular formula is C19H24N2O3. The van der Waals surface area contributed by atoms with Crippen LogP contribution in [0.5, 0.6) is 0 Å². The van der Waals surface area contributed by atoms with Gasteiger partial charge < -0.3 is 15.0 Å². The van der Waals surface area contributed by atoms with Crippen molar-refractivity contribution >= 4 is 17.5 Å². The topological polar surface area (TPSA) is 58.6 Å². The molecule has 0 spiro atoms. The van der Waals surface area contributed by atoms with Crippen LogP contribution >= 0.6 is 0 Å². The summed E-state index contributed by atoms with van der Waals surface area (Å²) in [6.45, 7) is 4.38. The van der Waals surface area contributed by atoms with Crippen LogP contribution < -0.4 is 5.32 Å². The van der Waals surface area contributed by atoms with Gasteiger partial charge in [-0.25, -0.2) is 0 Å². The molecule has 1 aliphatic heterocycles. The number of aryl methyl sites for hydroxylation is 1. The highest BCUT2D eigenvalue weighted by molar-refractivity contribution is 5.96. The van der Waals surface area contributed by atoms with E-state index in [1.807, 2.05) is 48.2 Å². The van der Waals surface area contributed by atoms with Gasteiger partial charge in [-0.15, -0.1) is 0 Å². The summed E-state index contributed by atoms with van der Waals surface area (Å²) in [6, 6.07) is 7.73. The number of nitrogens with one attached hydrogen (secondary N) is 1. The van der Waals surface area contributed by atoms with Crippen LogP contribution in [0.2, 0.25) is 0 Å². The summed E-state index contributed by atoms with van der Waals surface area (Å²) in [5, 5.41) is 2.97. The Bertz CT molecular complexity index is 635. The van der Waals surface area contributed by atoms with E-state index in [1.165, 1.54) is 0 Å². The highest BCUT2D eigenvalue weighted by Gasteiger charge is 2.36. The van der Waals surface area contributed by atoms with Gasteiger partial charge in [0, 0.05) is 18.8 Å². The lowest BCUT2D eigenvalue weighted by molar-refractivity contribution is -0.144. The Hall–Kier alpha value is -2.14. The monoisotopic (exact) mass is 328 g/mol. The average Bonchev–Trinajstić information content (AvgIpc) is 2.62. The molecule has 128 valence electrons. The molecular weight excluding hydrogens is 304 g/mol. The highest BCUT2D eigenvalue weighted by Crippen LogP contribution is 2.29. The molecule has 1 saturated heterocycles. The van der Waals surface area contributed by atoms with Crippen LogP contribution in [0.1, 0.15) is 18.4 Å². The number of nitrogens with zero attached hydrogens (tertiary/aromatic N) is 1. The Labute approximate surface area is 142 Å². The van der Waals surface area contributed by atoms with Crippen molar-refractivity contribution in [2.45, 2.75) is 19.8 Å². The molecule has 1 aromatic rings. The third-order valence-electron chi connectivity index (χ3n) is 4.69. The van der Waals surface area contributed by atoms with Gasteiger partial charge in [-0.05, 0) is 37.5 Å². The third-order valence-corrected chi connectivity index (χ3v) is 4.69. The van der Waals surface area contributed by atoms with E-state index in [0.717, 1.165) is 11.3 Å². The Morgan fingerprint density at radius 3 is 2.54 bits per heavy atom. The zero-order chi connectivity index (χ0) is 16.9. The molecule has 1 N–H and O–H groups in total. The zero-order valence-electron chi connectivity index (χ0n) is 14.0. The predicted octanol–water partition coefficient (Wildman–Crippen LogP) is 2.37. The summed E-state index contributed by atoms with van der Waals surface area (Å²) in [5.41, 5.74) is 1.88. The van der Waals surface area contributed by atoms with Crippen molar-refractivity contribution in [3.05, 3.63) is 42.0 Å². The van der Waals surface area contributed by atoms with Gasteiger partial charge in [0.15, 0.2) is 0 Å². The van der Waals surface area contributed by atoms with Gasteiger partial charge in [0.1, 0.15) is 0 Å². The fourth-order valence-electron chi connectivity index (χ4n) is 3.35. The minimum atomic E-state index is -0.314. The molecule has 2 amide bonds. The second-order valence-electron chi connectivity index (χ2n) is 6.45. The van der Waals surface area contributed by atoms with Crippen LogP contribution in [0.3, 0.4) is 0 Å². The summed E-state index contributed by atoms with van der Waals surface area (Å²) in [5.74, 6) is -0.590. The molecule has 3 rings (SSSR count). The number of carbonyl (C=O) groups is 2. The Kier molecular flexibility index (Phi) is 5.30. The highest BCUT2D eigenvalue weighted by atomic mass is 16.5. The van der Waals surface area contributed by atoms with E-state index in [-0.39, 0.29) is 23.7 Å². The van der Waals surface area contributed by atoms with Crippen LogP contribution in [0, 0.1) is 18.8 Å². The predicted molar refractivity (Wildman–Crippen MR) is 92.6 cm³/mol. The number of allylic oxidation sites excluding steroid dienone is 2. The van der Waals surface area contributed by atoms with E-state index in [9.17, 15) is 9.59 Å². The van der Waals surface area contributed by atoms with E-state index >= 15 is 0 Å². The van der Waals surface area contributed by atoms with Gasteiger partial charge in [0.25, 0.3) is 0 Å². The maximum Gasteiger partial charge on any atom is 0.228 e. The van der Waals surface area contributed by atoms with Crippen molar-refractivity contribution in [3.63, 3.8) is 0 Å². The molecule has 5 nitrogen and oxygen atoms in total. The molecule has 1 aliphatic carbocycles. The number of anilines is 1. The normalized spacial score (nSPS) is 23.8. The second kappa shape index (κ2) is 7.62. The smallest absolute Gasteiger partial charge is 0.228 e. The zero-order valence-corrected chi connectivity index (χ0v) is 14.0. The second-order valence-corrected chi connectivity index (χ2v) is 6.45. The fraction of sp³-hybridized carbons (Fsp3) is 0.474. The van der Waals surface area contributed by atoms with Crippen molar-refractivity contribution in [3.8, 4) is 0 Å². The molecule has 1 aromatic carbocycles. The lowest BCUT2D eigenvalue weighted by Crippen LogP contribution is -2.47. The van der Waals surface area contributed by atoms with Crippen molar-refractivity contribution in [1.82, 2.24) is 4.90 Å². The molecule has 5 heteroatoms. The number of morpholine rings is 1. The largest absolute Gasteiger partial charge is 0.378 e. The number of benzene rings is 1. The SMILES string of the molecule is Cc1cccc(NC(=O)C2CC=CCC2C(=O)N2CCOCC2)c1. The Morgan fingerprint density at radius 2 is 1.83 bits per heavy atom. The lowest BCUT2D eigenvalue weighted by Gasteiger charge is -2.34. The number of carbonyl (C=O) groups excluding carboxylic acids is 2. The first-order valence-electron chi connectivity index (χ1n) is 8.54. The minimum Gasteiger partial charge on any atom is -0.378 e. The molecule has 1 heterocycles. The molecule has 24 heavy (non-hydrogen) atoms. The van der Waals surface area contributed by atoms with Crippen molar-refractivity contribution < 1.29 is 14.3 Å². The van der Waals surface area contributed by atoms with Crippen LogP contribution in [0.15, 0.2) is 36.4 Å². The molecule has 1 fully saturated rings. The average molecular weight is 328 g/mol. The standard InChI is InChI=1S/C19H24N2O3/c1-14-5-4-6-15(13-14)20-18(22)16-7-2-3-8-17(16)19(23)21-9-11-24-12-10-21/h2-6,13,16-17H,7-12H2,1H3,(H,20,22). The number of rotatable bonds is 3. The molecule has 0 saturated carbocycles. The van der Waals surface area contributed by atoms with Crippen LogP contribution in [-0.4, -0.2) is 43.0 Å². The van der Waals surface area contributed by atoms with E-state index in [0.29, 0.717) is 39.1 Å². The summed E-state index contributed by atoms with van der Waals surface area (Å²) >= 11 is 0. The number of hydrogen-bond donors (Lipinski definition) is 1. The van der Waals surface area contributed by atoms with Crippen molar-refractivity contribution in [2.24, 2.45) is 11.8 Å². The first kappa shape index (κ1) is 16.7. The fourth-order valence-corrected chi connectivity index (χ4v) is 3.35. The molecule has 0 aromatic heterocycles. The van der Waals surface area contributed by atoms with Gasteiger partial charge in [-0.1, -0.05) is 24.3 Å². The number of ether oxygens (including phenoxy) is 1. The summed E-state index contributed by atoms with van der Waals surface area (Å²) in [6.07, 6.45) is 5.25. The molecule has 2 atom stereocenters. The Morgan fingerprint density at radius 1 is 1.12 bits per heavy atom. The lowest BCUT2D eigenvalue weighted by atomic mass is 9.81. The summed E-state index contributed by atoms with van der Waals surface area (Å²) in [4.78, 5) is 27.4. The van der Waals surface area contributed by atoms with Gasteiger partial charge >= 0.3 is 0 Å². The van der Waals surface area contributed by atoms with E-state index in [4.69, 9.17) is 4.74 Å². The van der Waals surface area contributed by atoms with E-state index in [2.05, 4.69) is 5.32 Å². The van der Waals surface area contributed by atoms with Crippen LogP contribution in [-0.2, 0) is 14.3 Å². The van der Waals surface area contributed by atoms with Crippen LogP contribution in [0.25, 0.3) is 0 Å². The minimum absolute atomic E-state index is 0.0726. The van der Waals surface area contributed by atoms with Gasteiger partial charge in [-0.3, -0.25) is 9.59 Å². The number of hydrogen-bond acceptors (Lipinski definition) is 3. The van der Waals surface area contributed by atoms with E-state index < -0.39 is 0 Å². The molecule has 0 bridgehead atoms. The van der Waals surface area contributed by atoms with E-state index in [1.54, 1.807) is 0 Å². The maximum absolute atomic E-state index is 12.8. The summed E-state index contributed by atoms with van der Waals surface area (Å²) in [7, 11) is 0.